The molecular formula is C25H25N3O8. The van der Waals surface area contributed by atoms with E-state index < -0.39 is 18.1 Å². The van der Waals surface area contributed by atoms with Crippen LogP contribution < -0.4 is 14.8 Å². The van der Waals surface area contributed by atoms with Crippen LogP contribution in [0.25, 0.3) is 0 Å². The van der Waals surface area contributed by atoms with Gasteiger partial charge in [0.2, 0.25) is 0 Å². The number of amides is 3. The lowest BCUT2D eigenvalue weighted by atomic mass is 10.1. The summed E-state index contributed by atoms with van der Waals surface area (Å²) in [6, 6.07) is 17.8. The van der Waals surface area contributed by atoms with E-state index in [1.165, 1.54) is 6.20 Å². The maximum atomic E-state index is 13.0. The van der Waals surface area contributed by atoms with Crippen LogP contribution >= 0.6 is 0 Å². The Morgan fingerprint density at radius 2 is 1.67 bits per heavy atom. The van der Waals surface area contributed by atoms with Crippen LogP contribution in [0, 0.1) is 0 Å². The van der Waals surface area contributed by atoms with Gasteiger partial charge in [0.05, 0.1) is 37.2 Å². The highest BCUT2D eigenvalue weighted by molar-refractivity contribution is 6.06. The average Bonchev–Trinajstić information content (AvgIpc) is 2.88. The summed E-state index contributed by atoms with van der Waals surface area (Å²) >= 11 is 0. The van der Waals surface area contributed by atoms with Crippen LogP contribution in [0.1, 0.15) is 15.9 Å². The number of imide groups is 1. The van der Waals surface area contributed by atoms with Crippen LogP contribution in [0.15, 0.2) is 73.1 Å². The molecule has 3 amide bonds. The zero-order chi connectivity index (χ0) is 25.8. The van der Waals surface area contributed by atoms with Crippen molar-refractivity contribution in [1.82, 2.24) is 9.88 Å². The first-order valence-electron chi connectivity index (χ1n) is 10.9. The molecule has 0 aliphatic rings. The Morgan fingerprint density at radius 1 is 0.889 bits per heavy atom. The van der Waals surface area contributed by atoms with Crippen molar-refractivity contribution in [2.45, 2.75) is 6.61 Å². The van der Waals surface area contributed by atoms with E-state index in [0.717, 1.165) is 5.56 Å². The quantitative estimate of drug-likeness (QED) is 0.318. The molecule has 0 aliphatic carbocycles. The van der Waals surface area contributed by atoms with Crippen molar-refractivity contribution >= 4 is 23.8 Å². The lowest BCUT2D eigenvalue weighted by Gasteiger charge is -2.15. The third-order valence-electron chi connectivity index (χ3n) is 4.77. The number of anilines is 1. The summed E-state index contributed by atoms with van der Waals surface area (Å²) in [6.45, 7) is 0.000107. The number of carboxylic acid groups (broad SMARTS) is 2. The number of pyridine rings is 1. The molecule has 0 fully saturated rings. The highest BCUT2D eigenvalue weighted by Crippen LogP contribution is 2.26. The Kier molecular flexibility index (Phi) is 9.60. The van der Waals surface area contributed by atoms with Gasteiger partial charge in [-0.2, -0.15) is 0 Å². The van der Waals surface area contributed by atoms with Crippen molar-refractivity contribution in [3.8, 4) is 11.5 Å². The Balaban J connectivity index is 1.61. The molecular weight excluding hydrogens is 470 g/mol. The fraction of sp³-hybridized carbons (Fsp3) is 0.200. The maximum Gasteiger partial charge on any atom is 0.416 e. The topological polar surface area (TPSA) is 148 Å². The van der Waals surface area contributed by atoms with Gasteiger partial charge in [0.25, 0.3) is 5.91 Å². The Labute approximate surface area is 206 Å². The van der Waals surface area contributed by atoms with Gasteiger partial charge in [0.1, 0.15) is 24.7 Å². The number of carbonyl (C=O) groups is 3. The first-order chi connectivity index (χ1) is 17.4. The van der Waals surface area contributed by atoms with Crippen LogP contribution in [0.5, 0.6) is 11.5 Å². The summed E-state index contributed by atoms with van der Waals surface area (Å²) in [4.78, 5) is 38.8. The van der Waals surface area contributed by atoms with Gasteiger partial charge in [0, 0.05) is 6.20 Å². The summed E-state index contributed by atoms with van der Waals surface area (Å²) in [5.41, 5.74) is 1.72. The van der Waals surface area contributed by atoms with Crippen LogP contribution in [-0.4, -0.2) is 64.6 Å². The smallest absolute Gasteiger partial charge is 0.416 e. The fourth-order valence-corrected chi connectivity index (χ4v) is 3.02. The lowest BCUT2D eigenvalue weighted by molar-refractivity contribution is 0.0737. The van der Waals surface area contributed by atoms with E-state index in [0.29, 0.717) is 17.2 Å². The molecule has 0 aliphatic heterocycles. The minimum atomic E-state index is -1.57. The molecule has 3 rings (SSSR count). The maximum absolute atomic E-state index is 13.0. The molecule has 1 heterocycles. The van der Waals surface area contributed by atoms with Crippen LogP contribution in [0.4, 0.5) is 15.3 Å². The molecule has 0 saturated carbocycles. The van der Waals surface area contributed by atoms with Crippen LogP contribution in [0.3, 0.4) is 0 Å². The summed E-state index contributed by atoms with van der Waals surface area (Å²) < 4.78 is 16.8. The highest BCUT2D eigenvalue weighted by atomic mass is 16.5. The van der Waals surface area contributed by atoms with Crippen LogP contribution in [0.2, 0.25) is 0 Å². The number of rotatable bonds is 12. The zero-order valence-corrected chi connectivity index (χ0v) is 19.2. The van der Waals surface area contributed by atoms with Gasteiger partial charge >= 0.3 is 12.2 Å². The lowest BCUT2D eigenvalue weighted by Crippen LogP contribution is -2.37. The van der Waals surface area contributed by atoms with E-state index in [1.807, 2.05) is 30.3 Å². The Bertz CT molecular complexity index is 1140. The molecule has 0 unspecified atom stereocenters. The number of aromatic nitrogens is 1. The number of nitrogens with zero attached hydrogens (tertiary/aromatic N) is 2. The number of hydrogen-bond acceptors (Lipinski definition) is 7. The van der Waals surface area contributed by atoms with Gasteiger partial charge in [-0.05, 0) is 35.9 Å². The van der Waals surface area contributed by atoms with Gasteiger partial charge in [0.15, 0.2) is 0 Å². The zero-order valence-electron chi connectivity index (χ0n) is 19.2. The number of carbonyl (C=O) groups excluding carboxylic acids is 1. The van der Waals surface area contributed by atoms with Gasteiger partial charge in [-0.3, -0.25) is 9.78 Å². The molecule has 36 heavy (non-hydrogen) atoms. The molecule has 2 aromatic carbocycles. The standard InChI is InChI=1S/C25H25N3O8/c29-23(27-19-7-4-10-26-16-19)21-15-20(8-9-22(21)36-17-18-5-2-1-3-6-18)35-14-13-34-12-11-28(24(30)31)25(32)33/h1-10,15-16H,11-14,17H2,(H,27,29)(H,30,31)(H,32,33). The molecule has 11 heteroatoms. The summed E-state index contributed by atoms with van der Waals surface area (Å²) in [5.74, 6) is 0.348. The Morgan fingerprint density at radius 3 is 2.36 bits per heavy atom. The Hall–Kier alpha value is -4.64. The highest BCUT2D eigenvalue weighted by Gasteiger charge is 2.19. The minimum Gasteiger partial charge on any atom is -0.491 e. The number of nitrogens with one attached hydrogen (secondary N) is 1. The number of ether oxygens (including phenoxy) is 3. The number of benzene rings is 2. The van der Waals surface area contributed by atoms with E-state index in [9.17, 15) is 14.4 Å². The first kappa shape index (κ1) is 26.0. The second kappa shape index (κ2) is 13.3. The first-order valence-corrected chi connectivity index (χ1v) is 10.9. The normalized spacial score (nSPS) is 10.3. The van der Waals surface area contributed by atoms with Gasteiger partial charge < -0.3 is 29.7 Å². The van der Waals surface area contributed by atoms with Crippen molar-refractivity contribution in [3.63, 3.8) is 0 Å². The fourth-order valence-electron chi connectivity index (χ4n) is 3.02. The average molecular weight is 495 g/mol. The molecule has 0 saturated heterocycles. The molecule has 3 aromatic rings. The monoisotopic (exact) mass is 495 g/mol. The molecule has 0 spiro atoms. The van der Waals surface area contributed by atoms with Gasteiger partial charge in [-0.25, -0.2) is 14.5 Å². The molecule has 0 atom stereocenters. The van der Waals surface area contributed by atoms with Crippen molar-refractivity contribution < 1.29 is 38.8 Å². The third kappa shape index (κ3) is 7.99. The minimum absolute atomic E-state index is 0.0799. The summed E-state index contributed by atoms with van der Waals surface area (Å²) in [5, 5.41) is 20.4. The molecule has 1 aromatic heterocycles. The molecule has 188 valence electrons. The predicted molar refractivity (Wildman–Crippen MR) is 128 cm³/mol. The molecule has 3 N–H and O–H groups in total. The van der Waals surface area contributed by atoms with Crippen LogP contribution in [-0.2, 0) is 11.3 Å². The van der Waals surface area contributed by atoms with Gasteiger partial charge in [-0.1, -0.05) is 30.3 Å². The van der Waals surface area contributed by atoms with E-state index >= 15 is 0 Å². The van der Waals surface area contributed by atoms with E-state index in [4.69, 9.17) is 24.4 Å². The van der Waals surface area contributed by atoms with E-state index in [2.05, 4.69) is 10.3 Å². The SMILES string of the molecule is O=C(Nc1cccnc1)c1cc(OCCOCCN(C(=O)O)C(=O)O)ccc1OCc1ccccc1. The molecule has 0 radical (unpaired) electrons. The molecule has 0 bridgehead atoms. The molecule has 11 nitrogen and oxygen atoms in total. The van der Waals surface area contributed by atoms with Crippen molar-refractivity contribution in [3.05, 3.63) is 84.2 Å². The second-order valence-electron chi connectivity index (χ2n) is 7.31. The van der Waals surface area contributed by atoms with Gasteiger partial charge in [-0.15, -0.1) is 0 Å². The largest absolute Gasteiger partial charge is 0.491 e. The summed E-state index contributed by atoms with van der Waals surface area (Å²) in [7, 11) is 0. The van der Waals surface area contributed by atoms with Crippen molar-refractivity contribution in [2.24, 2.45) is 0 Å². The predicted octanol–water partition coefficient (Wildman–Crippen LogP) is 3.97. The van der Waals surface area contributed by atoms with Crippen molar-refractivity contribution in [1.29, 1.82) is 0 Å². The van der Waals surface area contributed by atoms with Crippen molar-refractivity contribution in [2.75, 3.05) is 31.7 Å². The number of hydrogen-bond donors (Lipinski definition) is 3. The van der Waals surface area contributed by atoms with E-state index in [1.54, 1.807) is 36.5 Å². The second-order valence-corrected chi connectivity index (χ2v) is 7.31. The summed E-state index contributed by atoms with van der Waals surface area (Å²) in [6.07, 6.45) is -0.0276. The van der Waals surface area contributed by atoms with E-state index in [-0.39, 0.29) is 43.4 Å². The third-order valence-corrected chi connectivity index (χ3v) is 4.77.